The molecule has 0 radical (unpaired) electrons. The van der Waals surface area contributed by atoms with E-state index in [0.717, 1.165) is 37.5 Å². The van der Waals surface area contributed by atoms with Crippen LogP contribution < -0.4 is 11.1 Å². The zero-order valence-corrected chi connectivity index (χ0v) is 10.1. The highest BCUT2D eigenvalue weighted by atomic mass is 14.9. The van der Waals surface area contributed by atoms with Gasteiger partial charge in [0.15, 0.2) is 0 Å². The Morgan fingerprint density at radius 3 is 2.40 bits per heavy atom. The third kappa shape index (κ3) is 4.08. The molecule has 1 fully saturated rings. The molecule has 0 aromatic carbocycles. The Bertz CT molecular complexity index is 235. The first-order valence-electron chi connectivity index (χ1n) is 6.13. The molecule has 0 saturated carbocycles. The van der Waals surface area contributed by atoms with E-state index in [4.69, 9.17) is 5.73 Å². The SMILES string of the molecule is CC/C(N)=C\C=C(/CC)C1CCNCC1. The summed E-state index contributed by atoms with van der Waals surface area (Å²) < 4.78 is 0. The molecule has 86 valence electrons. The summed E-state index contributed by atoms with van der Waals surface area (Å²) >= 11 is 0. The van der Waals surface area contributed by atoms with Crippen molar-refractivity contribution in [1.82, 2.24) is 5.32 Å². The third-order valence-electron chi connectivity index (χ3n) is 3.19. The van der Waals surface area contributed by atoms with Gasteiger partial charge in [0.25, 0.3) is 0 Å². The van der Waals surface area contributed by atoms with Gasteiger partial charge in [-0.1, -0.05) is 25.5 Å². The van der Waals surface area contributed by atoms with Crippen molar-refractivity contribution < 1.29 is 0 Å². The van der Waals surface area contributed by atoms with Crippen LogP contribution in [0, 0.1) is 5.92 Å². The normalized spacial score (nSPS) is 20.7. The number of rotatable bonds is 4. The van der Waals surface area contributed by atoms with Crippen LogP contribution in [0.1, 0.15) is 39.5 Å². The number of hydrogen-bond donors (Lipinski definition) is 2. The van der Waals surface area contributed by atoms with Gasteiger partial charge < -0.3 is 11.1 Å². The Morgan fingerprint density at radius 1 is 1.20 bits per heavy atom. The van der Waals surface area contributed by atoms with Crippen molar-refractivity contribution in [3.8, 4) is 0 Å². The van der Waals surface area contributed by atoms with E-state index in [1.807, 2.05) is 0 Å². The molecule has 2 heteroatoms. The molecule has 1 heterocycles. The van der Waals surface area contributed by atoms with Crippen molar-refractivity contribution >= 4 is 0 Å². The van der Waals surface area contributed by atoms with Crippen LogP contribution in [0.2, 0.25) is 0 Å². The van der Waals surface area contributed by atoms with Crippen LogP contribution in [0.3, 0.4) is 0 Å². The Kier molecular flexibility index (Phi) is 5.48. The van der Waals surface area contributed by atoms with Gasteiger partial charge >= 0.3 is 0 Å². The lowest BCUT2D eigenvalue weighted by atomic mass is 9.88. The summed E-state index contributed by atoms with van der Waals surface area (Å²) in [5.41, 5.74) is 8.35. The van der Waals surface area contributed by atoms with Crippen LogP contribution in [0.4, 0.5) is 0 Å². The molecule has 3 N–H and O–H groups in total. The summed E-state index contributed by atoms with van der Waals surface area (Å²) in [6.45, 7) is 6.66. The van der Waals surface area contributed by atoms with E-state index in [2.05, 4.69) is 31.3 Å². The minimum Gasteiger partial charge on any atom is -0.402 e. The van der Waals surface area contributed by atoms with E-state index in [0.29, 0.717) is 0 Å². The molecule has 1 saturated heterocycles. The minimum atomic E-state index is 0.775. The maximum Gasteiger partial charge on any atom is 0.00776 e. The zero-order chi connectivity index (χ0) is 11.1. The van der Waals surface area contributed by atoms with Gasteiger partial charge in [0.05, 0.1) is 0 Å². The monoisotopic (exact) mass is 208 g/mol. The second kappa shape index (κ2) is 6.67. The Hall–Kier alpha value is -0.760. The number of hydrogen-bond acceptors (Lipinski definition) is 2. The first-order valence-corrected chi connectivity index (χ1v) is 6.13. The maximum atomic E-state index is 5.81. The molecule has 0 bridgehead atoms. The molecular weight excluding hydrogens is 184 g/mol. The molecule has 1 rings (SSSR count). The van der Waals surface area contributed by atoms with Crippen molar-refractivity contribution in [1.29, 1.82) is 0 Å². The largest absolute Gasteiger partial charge is 0.402 e. The fourth-order valence-electron chi connectivity index (χ4n) is 2.07. The lowest BCUT2D eigenvalue weighted by Gasteiger charge is -2.24. The minimum absolute atomic E-state index is 0.775. The van der Waals surface area contributed by atoms with Gasteiger partial charge in [-0.15, -0.1) is 0 Å². The topological polar surface area (TPSA) is 38.0 Å². The van der Waals surface area contributed by atoms with Crippen LogP contribution >= 0.6 is 0 Å². The van der Waals surface area contributed by atoms with Crippen molar-refractivity contribution in [2.24, 2.45) is 11.7 Å². The van der Waals surface area contributed by atoms with Gasteiger partial charge in [0.1, 0.15) is 0 Å². The Balaban J connectivity index is 2.60. The van der Waals surface area contributed by atoms with Gasteiger partial charge in [-0.2, -0.15) is 0 Å². The van der Waals surface area contributed by atoms with E-state index >= 15 is 0 Å². The fraction of sp³-hybridized carbons (Fsp3) is 0.692. The predicted molar refractivity (Wildman–Crippen MR) is 66.5 cm³/mol. The van der Waals surface area contributed by atoms with Crippen LogP contribution in [-0.4, -0.2) is 13.1 Å². The van der Waals surface area contributed by atoms with E-state index in [1.54, 1.807) is 5.57 Å². The predicted octanol–water partition coefficient (Wildman–Crippen LogP) is 2.58. The summed E-state index contributed by atoms with van der Waals surface area (Å²) in [5.74, 6) is 0.775. The van der Waals surface area contributed by atoms with Gasteiger partial charge in [0.2, 0.25) is 0 Å². The molecule has 0 amide bonds. The van der Waals surface area contributed by atoms with Crippen LogP contribution in [0.15, 0.2) is 23.4 Å². The molecule has 2 nitrogen and oxygen atoms in total. The fourth-order valence-corrected chi connectivity index (χ4v) is 2.07. The van der Waals surface area contributed by atoms with Crippen LogP contribution in [0.5, 0.6) is 0 Å². The third-order valence-corrected chi connectivity index (χ3v) is 3.19. The van der Waals surface area contributed by atoms with Crippen molar-refractivity contribution in [3.05, 3.63) is 23.4 Å². The lowest BCUT2D eigenvalue weighted by Crippen LogP contribution is -2.28. The molecule has 1 aliphatic heterocycles. The molecule has 1 aliphatic rings. The average Bonchev–Trinajstić information content (AvgIpc) is 2.31. The number of allylic oxidation sites excluding steroid dienone is 4. The maximum absolute atomic E-state index is 5.81. The highest BCUT2D eigenvalue weighted by molar-refractivity contribution is 5.18. The Labute approximate surface area is 93.6 Å². The second-order valence-electron chi connectivity index (χ2n) is 4.21. The molecule has 0 atom stereocenters. The molecule has 0 aliphatic carbocycles. The van der Waals surface area contributed by atoms with Crippen LogP contribution in [0.25, 0.3) is 0 Å². The molecule has 15 heavy (non-hydrogen) atoms. The molecule has 0 spiro atoms. The molecule has 0 aromatic rings. The Morgan fingerprint density at radius 2 is 1.87 bits per heavy atom. The van der Waals surface area contributed by atoms with Crippen molar-refractivity contribution in [2.45, 2.75) is 39.5 Å². The second-order valence-corrected chi connectivity index (χ2v) is 4.21. The number of nitrogens with two attached hydrogens (primary N) is 1. The van der Waals surface area contributed by atoms with E-state index in [9.17, 15) is 0 Å². The molecule has 0 aromatic heterocycles. The summed E-state index contributed by atoms with van der Waals surface area (Å²) in [7, 11) is 0. The number of piperidine rings is 1. The summed E-state index contributed by atoms with van der Waals surface area (Å²) in [6.07, 6.45) is 8.98. The highest BCUT2D eigenvalue weighted by Gasteiger charge is 2.15. The molecule has 0 unspecified atom stereocenters. The van der Waals surface area contributed by atoms with Crippen molar-refractivity contribution in [3.63, 3.8) is 0 Å². The van der Waals surface area contributed by atoms with E-state index < -0.39 is 0 Å². The van der Waals surface area contributed by atoms with Gasteiger partial charge in [-0.3, -0.25) is 0 Å². The smallest absolute Gasteiger partial charge is 0.00776 e. The van der Waals surface area contributed by atoms with Gasteiger partial charge in [0, 0.05) is 5.70 Å². The van der Waals surface area contributed by atoms with E-state index in [-0.39, 0.29) is 0 Å². The lowest BCUT2D eigenvalue weighted by molar-refractivity contribution is 0.413. The molecular formula is C13H24N2. The number of nitrogens with one attached hydrogen (secondary N) is 1. The van der Waals surface area contributed by atoms with Crippen molar-refractivity contribution in [2.75, 3.05) is 13.1 Å². The summed E-state index contributed by atoms with van der Waals surface area (Å²) in [5, 5.41) is 3.40. The van der Waals surface area contributed by atoms with Gasteiger partial charge in [-0.05, 0) is 50.8 Å². The zero-order valence-electron chi connectivity index (χ0n) is 10.1. The quantitative estimate of drug-likeness (QED) is 0.697. The summed E-state index contributed by atoms with van der Waals surface area (Å²) in [4.78, 5) is 0. The van der Waals surface area contributed by atoms with Gasteiger partial charge in [-0.25, -0.2) is 0 Å². The summed E-state index contributed by atoms with van der Waals surface area (Å²) in [6, 6.07) is 0. The first kappa shape index (κ1) is 12.3. The van der Waals surface area contributed by atoms with Crippen LogP contribution in [-0.2, 0) is 0 Å². The van der Waals surface area contributed by atoms with E-state index in [1.165, 1.54) is 12.8 Å². The average molecular weight is 208 g/mol. The first-order chi connectivity index (χ1) is 7.27. The highest BCUT2D eigenvalue weighted by Crippen LogP contribution is 2.23. The standard InChI is InChI=1S/C13H24N2/c1-3-11(5-6-13(14)4-2)12-7-9-15-10-8-12/h5-6,12,15H,3-4,7-10,14H2,1-2H3/b11-5+,13-6+.